The van der Waals surface area contributed by atoms with Crippen LogP contribution in [0.5, 0.6) is 0 Å². The third-order valence-electron chi connectivity index (χ3n) is 3.43. The number of aliphatic carboxylic acids is 1. The number of hydrogen-bond acceptors (Lipinski definition) is 3. The monoisotopic (exact) mass is 233 g/mol. The first-order valence-corrected chi connectivity index (χ1v) is 5.28. The van der Waals surface area contributed by atoms with Crippen LogP contribution >= 0.6 is 0 Å². The number of nitrogens with one attached hydrogen (secondary N) is 1. The zero-order valence-corrected chi connectivity index (χ0v) is 8.53. The number of Topliss-reactive ketones (excluding diaryl/α,β-unsaturated/α-hetero) is 1. The molecule has 0 aromatic heterocycles. The Morgan fingerprint density at radius 3 is 2.56 bits per heavy atom. The molecule has 0 aromatic carbocycles. The molecule has 1 saturated carbocycles. The first-order valence-electron chi connectivity index (χ1n) is 5.28. The summed E-state index contributed by atoms with van der Waals surface area (Å²) in [5, 5.41) is 11.6. The van der Waals surface area contributed by atoms with Crippen LogP contribution in [-0.2, 0) is 9.59 Å². The fourth-order valence-electron chi connectivity index (χ4n) is 2.49. The summed E-state index contributed by atoms with van der Waals surface area (Å²) < 4.78 is 26.2. The van der Waals surface area contributed by atoms with Crippen LogP contribution in [0.4, 0.5) is 8.78 Å². The molecule has 0 amide bonds. The molecule has 90 valence electrons. The van der Waals surface area contributed by atoms with E-state index >= 15 is 0 Å². The summed E-state index contributed by atoms with van der Waals surface area (Å²) in [6.07, 6.45) is -3.46. The highest BCUT2D eigenvalue weighted by molar-refractivity contribution is 6.00. The maximum absolute atomic E-state index is 13.1. The van der Waals surface area contributed by atoms with E-state index in [1.165, 1.54) is 0 Å². The van der Waals surface area contributed by atoms with Crippen LogP contribution in [0.15, 0.2) is 0 Å². The Morgan fingerprint density at radius 2 is 1.94 bits per heavy atom. The fraction of sp³-hybridized carbons (Fsp3) is 0.800. The van der Waals surface area contributed by atoms with Crippen molar-refractivity contribution < 1.29 is 23.5 Å². The number of fused-ring (bicyclic) bond motifs is 1. The van der Waals surface area contributed by atoms with Crippen LogP contribution in [-0.4, -0.2) is 41.8 Å². The first kappa shape index (κ1) is 11.4. The molecule has 1 saturated heterocycles. The average molecular weight is 233 g/mol. The Labute approximate surface area is 91.0 Å². The van der Waals surface area contributed by atoms with Crippen molar-refractivity contribution in [3.8, 4) is 0 Å². The van der Waals surface area contributed by atoms with Gasteiger partial charge in [-0.3, -0.25) is 9.59 Å². The molecule has 16 heavy (non-hydrogen) atoms. The third kappa shape index (κ3) is 1.81. The molecular formula is C10H13F2NO3. The van der Waals surface area contributed by atoms with Gasteiger partial charge >= 0.3 is 5.97 Å². The molecule has 2 aliphatic rings. The Balaban J connectivity index is 2.13. The summed E-state index contributed by atoms with van der Waals surface area (Å²) in [6.45, 7) is 0.0129. The van der Waals surface area contributed by atoms with E-state index < -0.39 is 42.0 Å². The van der Waals surface area contributed by atoms with Gasteiger partial charge in [0.05, 0.1) is 0 Å². The molecule has 2 N–H and O–H groups in total. The second kappa shape index (κ2) is 4.08. The maximum Gasteiger partial charge on any atom is 0.315 e. The van der Waals surface area contributed by atoms with E-state index in [9.17, 15) is 18.4 Å². The van der Waals surface area contributed by atoms with Crippen molar-refractivity contribution in [1.82, 2.24) is 5.32 Å². The summed E-state index contributed by atoms with van der Waals surface area (Å²) in [5.41, 5.74) is 0. The molecule has 0 aromatic rings. The minimum Gasteiger partial charge on any atom is -0.481 e. The molecule has 2 rings (SSSR count). The fourth-order valence-corrected chi connectivity index (χ4v) is 2.49. The van der Waals surface area contributed by atoms with E-state index in [1.807, 2.05) is 0 Å². The van der Waals surface area contributed by atoms with Crippen LogP contribution in [0.25, 0.3) is 0 Å². The molecule has 1 aliphatic heterocycles. The van der Waals surface area contributed by atoms with Gasteiger partial charge in [-0.05, 0) is 12.8 Å². The lowest BCUT2D eigenvalue weighted by Crippen LogP contribution is -2.57. The number of rotatable bonds is 1. The number of piperidine rings is 1. The number of alkyl halides is 2. The summed E-state index contributed by atoms with van der Waals surface area (Å²) in [7, 11) is 0. The van der Waals surface area contributed by atoms with E-state index in [4.69, 9.17) is 5.11 Å². The molecule has 5 atom stereocenters. The van der Waals surface area contributed by atoms with Crippen LogP contribution in [0.3, 0.4) is 0 Å². The Kier molecular flexibility index (Phi) is 2.92. The highest BCUT2D eigenvalue weighted by atomic mass is 19.2. The van der Waals surface area contributed by atoms with Gasteiger partial charge in [-0.25, -0.2) is 8.78 Å². The zero-order chi connectivity index (χ0) is 11.9. The normalized spacial score (nSPS) is 43.9. The largest absolute Gasteiger partial charge is 0.481 e. The van der Waals surface area contributed by atoms with E-state index in [-0.39, 0.29) is 19.4 Å². The van der Waals surface area contributed by atoms with Crippen molar-refractivity contribution in [2.24, 2.45) is 11.8 Å². The summed E-state index contributed by atoms with van der Waals surface area (Å²) in [5.74, 6) is -3.49. The molecule has 2 fully saturated rings. The van der Waals surface area contributed by atoms with Gasteiger partial charge in [-0.1, -0.05) is 0 Å². The molecule has 4 nitrogen and oxygen atoms in total. The van der Waals surface area contributed by atoms with Crippen molar-refractivity contribution in [1.29, 1.82) is 0 Å². The van der Waals surface area contributed by atoms with E-state index in [1.54, 1.807) is 0 Å². The van der Waals surface area contributed by atoms with Crippen LogP contribution < -0.4 is 5.32 Å². The molecule has 6 heteroatoms. The molecule has 5 unspecified atom stereocenters. The van der Waals surface area contributed by atoms with Gasteiger partial charge in [0.15, 0.2) is 5.78 Å². The number of ketones is 1. The van der Waals surface area contributed by atoms with Crippen LogP contribution in [0.1, 0.15) is 12.8 Å². The van der Waals surface area contributed by atoms with Gasteiger partial charge in [-0.15, -0.1) is 0 Å². The Morgan fingerprint density at radius 1 is 1.31 bits per heavy atom. The second-order valence-corrected chi connectivity index (χ2v) is 4.42. The molecule has 0 bridgehead atoms. The number of carbonyl (C=O) groups is 2. The number of carbonyl (C=O) groups excluding carboxylic acids is 1. The summed E-state index contributed by atoms with van der Waals surface area (Å²) >= 11 is 0. The predicted molar refractivity (Wildman–Crippen MR) is 50.4 cm³/mol. The van der Waals surface area contributed by atoms with Crippen molar-refractivity contribution in [2.45, 2.75) is 31.2 Å². The van der Waals surface area contributed by atoms with E-state index in [2.05, 4.69) is 5.32 Å². The van der Waals surface area contributed by atoms with Crippen molar-refractivity contribution in [2.75, 3.05) is 6.54 Å². The van der Waals surface area contributed by atoms with Crippen LogP contribution in [0, 0.1) is 11.8 Å². The minimum absolute atomic E-state index is 0.0129. The van der Waals surface area contributed by atoms with Gasteiger partial charge < -0.3 is 10.4 Å². The second-order valence-electron chi connectivity index (χ2n) is 4.42. The first-order chi connectivity index (χ1) is 7.50. The number of carboxylic acid groups (broad SMARTS) is 1. The SMILES string of the molecule is O=C(O)C1CNC2CC(F)C(F)CC2C1=O. The lowest BCUT2D eigenvalue weighted by Gasteiger charge is -2.39. The summed E-state index contributed by atoms with van der Waals surface area (Å²) in [4.78, 5) is 22.5. The molecule has 0 radical (unpaired) electrons. The highest BCUT2D eigenvalue weighted by Gasteiger charge is 2.47. The molecule has 1 aliphatic carbocycles. The standard InChI is InChI=1S/C10H13F2NO3/c11-6-1-4-8(2-7(6)12)13-3-5(9(4)14)10(15)16/h4-8,13H,1-3H2,(H,15,16). The topological polar surface area (TPSA) is 66.4 Å². The third-order valence-corrected chi connectivity index (χ3v) is 3.43. The number of carboxylic acids is 1. The zero-order valence-electron chi connectivity index (χ0n) is 8.53. The number of halogens is 2. The highest BCUT2D eigenvalue weighted by Crippen LogP contribution is 2.33. The molecule has 1 heterocycles. The van der Waals surface area contributed by atoms with Crippen molar-refractivity contribution in [3.05, 3.63) is 0 Å². The lowest BCUT2D eigenvalue weighted by molar-refractivity contribution is -0.150. The van der Waals surface area contributed by atoms with Crippen LogP contribution in [0.2, 0.25) is 0 Å². The van der Waals surface area contributed by atoms with Crippen molar-refractivity contribution >= 4 is 11.8 Å². The maximum atomic E-state index is 13.1. The van der Waals surface area contributed by atoms with Gasteiger partial charge in [0, 0.05) is 18.5 Å². The lowest BCUT2D eigenvalue weighted by atomic mass is 9.74. The average Bonchev–Trinajstić information content (AvgIpc) is 2.21. The van der Waals surface area contributed by atoms with E-state index in [0.29, 0.717) is 0 Å². The van der Waals surface area contributed by atoms with E-state index in [0.717, 1.165) is 0 Å². The smallest absolute Gasteiger partial charge is 0.315 e. The summed E-state index contributed by atoms with van der Waals surface area (Å²) in [6, 6.07) is -0.412. The molecular weight excluding hydrogens is 220 g/mol. The molecule has 0 spiro atoms. The minimum atomic E-state index is -1.65. The number of hydrogen-bond donors (Lipinski definition) is 2. The van der Waals surface area contributed by atoms with Gasteiger partial charge in [0.1, 0.15) is 18.3 Å². The Bertz CT molecular complexity index is 323. The quantitative estimate of drug-likeness (QED) is 0.640. The van der Waals surface area contributed by atoms with Gasteiger partial charge in [0.2, 0.25) is 0 Å². The van der Waals surface area contributed by atoms with Gasteiger partial charge in [-0.2, -0.15) is 0 Å². The van der Waals surface area contributed by atoms with Gasteiger partial charge in [0.25, 0.3) is 0 Å². The Hall–Kier alpha value is -1.04. The predicted octanol–water partition coefficient (Wildman–Crippen LogP) is 0.314. The van der Waals surface area contributed by atoms with Crippen molar-refractivity contribution in [3.63, 3.8) is 0 Å².